The van der Waals surface area contributed by atoms with Crippen LogP contribution in [0.3, 0.4) is 0 Å². The third-order valence-corrected chi connectivity index (χ3v) is 7.33. The molecule has 0 radical (unpaired) electrons. The van der Waals surface area contributed by atoms with Gasteiger partial charge >= 0.3 is 0 Å². The van der Waals surface area contributed by atoms with Gasteiger partial charge in [-0.15, -0.1) is 24.0 Å². The maximum absolute atomic E-state index is 4.59. The van der Waals surface area contributed by atoms with Crippen molar-refractivity contribution in [2.24, 2.45) is 16.8 Å². The second-order valence-corrected chi connectivity index (χ2v) is 8.64. The van der Waals surface area contributed by atoms with E-state index in [2.05, 4.69) is 46.0 Å². The van der Waals surface area contributed by atoms with Crippen LogP contribution >= 0.6 is 35.7 Å². The first-order chi connectivity index (χ1) is 10.6. The molecule has 2 aliphatic heterocycles. The Kier molecular flexibility index (Phi) is 7.35. The van der Waals surface area contributed by atoms with Crippen molar-refractivity contribution in [3.8, 4) is 0 Å². The van der Waals surface area contributed by atoms with Crippen LogP contribution in [-0.2, 0) is 0 Å². The van der Waals surface area contributed by atoms with E-state index in [-0.39, 0.29) is 24.0 Å². The smallest absolute Gasteiger partial charge is 0.193 e. The van der Waals surface area contributed by atoms with E-state index in [0.717, 1.165) is 24.3 Å². The second kappa shape index (κ2) is 8.61. The number of likely N-dealkylation sites (N-methyl/N-ethyl adjacent to an activating group) is 1. The van der Waals surface area contributed by atoms with Gasteiger partial charge in [-0.3, -0.25) is 4.99 Å². The molecule has 2 saturated heterocycles. The van der Waals surface area contributed by atoms with Gasteiger partial charge in [0.2, 0.25) is 0 Å². The molecule has 3 rings (SSSR count). The van der Waals surface area contributed by atoms with Gasteiger partial charge in [0.1, 0.15) is 0 Å². The highest BCUT2D eigenvalue weighted by atomic mass is 127. The Labute approximate surface area is 163 Å². The van der Waals surface area contributed by atoms with Gasteiger partial charge in [-0.05, 0) is 50.9 Å². The van der Waals surface area contributed by atoms with Gasteiger partial charge in [0.15, 0.2) is 5.96 Å². The Morgan fingerprint density at radius 3 is 2.39 bits per heavy atom. The average molecular weight is 452 g/mol. The highest BCUT2D eigenvalue weighted by Gasteiger charge is 2.39. The Hall–Kier alpha value is 0.310. The molecule has 3 fully saturated rings. The minimum atomic E-state index is 0. The van der Waals surface area contributed by atoms with E-state index < -0.39 is 0 Å². The largest absolute Gasteiger partial charge is 0.354 e. The van der Waals surface area contributed by atoms with Crippen molar-refractivity contribution < 1.29 is 0 Å². The molecule has 0 spiro atoms. The molecular weight excluding hydrogens is 419 g/mol. The van der Waals surface area contributed by atoms with Gasteiger partial charge in [0.25, 0.3) is 0 Å². The van der Waals surface area contributed by atoms with Crippen LogP contribution in [0.2, 0.25) is 0 Å². The molecule has 134 valence electrons. The number of fused-ring (bicyclic) bond motifs is 1. The highest BCUT2D eigenvalue weighted by Crippen LogP contribution is 2.36. The van der Waals surface area contributed by atoms with Crippen LogP contribution in [0.4, 0.5) is 0 Å². The van der Waals surface area contributed by atoms with E-state index in [4.69, 9.17) is 0 Å². The molecule has 1 saturated carbocycles. The van der Waals surface area contributed by atoms with E-state index in [9.17, 15) is 0 Å². The molecule has 0 amide bonds. The molecule has 3 unspecified atom stereocenters. The molecular formula is C17H33IN4S. The van der Waals surface area contributed by atoms with E-state index >= 15 is 0 Å². The van der Waals surface area contributed by atoms with Crippen LogP contribution in [0, 0.1) is 11.8 Å². The first-order valence-corrected chi connectivity index (χ1v) is 10.0. The normalized spacial score (nSPS) is 34.4. The van der Waals surface area contributed by atoms with E-state index in [1.54, 1.807) is 0 Å². The zero-order valence-electron chi connectivity index (χ0n) is 14.9. The Balaban J connectivity index is 0.00000192. The van der Waals surface area contributed by atoms with Crippen LogP contribution in [0.5, 0.6) is 0 Å². The van der Waals surface area contributed by atoms with E-state index in [1.807, 2.05) is 7.05 Å². The van der Waals surface area contributed by atoms with Crippen LogP contribution < -0.4 is 5.32 Å². The van der Waals surface area contributed by atoms with E-state index in [1.165, 1.54) is 56.7 Å². The fourth-order valence-electron chi connectivity index (χ4n) is 4.40. The first kappa shape index (κ1) is 19.6. The van der Waals surface area contributed by atoms with Gasteiger partial charge < -0.3 is 15.1 Å². The molecule has 0 bridgehead atoms. The number of nitrogens with zero attached hydrogens (tertiary/aromatic N) is 3. The summed E-state index contributed by atoms with van der Waals surface area (Å²) in [5.41, 5.74) is 0.299. The van der Waals surface area contributed by atoms with Crippen molar-refractivity contribution in [2.45, 2.75) is 37.6 Å². The minimum absolute atomic E-state index is 0. The third-order valence-electron chi connectivity index (χ3n) is 6.09. The third kappa shape index (κ3) is 4.29. The lowest BCUT2D eigenvalue weighted by molar-refractivity contribution is 0.181. The van der Waals surface area contributed by atoms with Crippen molar-refractivity contribution in [3.05, 3.63) is 0 Å². The summed E-state index contributed by atoms with van der Waals surface area (Å²) in [6.45, 7) is 3.45. The molecule has 2 heterocycles. The highest BCUT2D eigenvalue weighted by molar-refractivity contribution is 14.0. The molecule has 1 aliphatic carbocycles. The SMILES string of the molecule is CN=C(NCC1(N(C)C)CCSC1)N1CC2CCCCC2C1.I. The van der Waals surface area contributed by atoms with Crippen molar-refractivity contribution in [2.75, 3.05) is 52.3 Å². The lowest BCUT2D eigenvalue weighted by Crippen LogP contribution is -2.55. The standard InChI is InChI=1S/C17H32N4S.HI/c1-18-16(19-12-17(20(2)3)8-9-22-13-17)21-10-14-6-4-5-7-15(14)11-21;/h14-15H,4-13H2,1-3H3,(H,18,19);1H. The lowest BCUT2D eigenvalue weighted by atomic mass is 9.82. The lowest BCUT2D eigenvalue weighted by Gasteiger charge is -2.37. The molecule has 0 aromatic heterocycles. The molecule has 0 aromatic rings. The van der Waals surface area contributed by atoms with Gasteiger partial charge in [0, 0.05) is 38.0 Å². The van der Waals surface area contributed by atoms with Crippen LogP contribution in [0.15, 0.2) is 4.99 Å². The zero-order valence-corrected chi connectivity index (χ0v) is 18.0. The minimum Gasteiger partial charge on any atom is -0.354 e. The van der Waals surface area contributed by atoms with Gasteiger partial charge in [0.05, 0.1) is 0 Å². The first-order valence-electron chi connectivity index (χ1n) is 8.85. The van der Waals surface area contributed by atoms with Crippen molar-refractivity contribution in [3.63, 3.8) is 0 Å². The summed E-state index contributed by atoms with van der Waals surface area (Å²) in [4.78, 5) is 9.52. The molecule has 6 heteroatoms. The summed E-state index contributed by atoms with van der Waals surface area (Å²) < 4.78 is 0. The summed E-state index contributed by atoms with van der Waals surface area (Å²) in [5.74, 6) is 5.48. The molecule has 0 aromatic carbocycles. The quantitative estimate of drug-likeness (QED) is 0.406. The van der Waals surface area contributed by atoms with Gasteiger partial charge in [-0.2, -0.15) is 11.8 Å². The number of likely N-dealkylation sites (tertiary alicyclic amines) is 1. The number of aliphatic imine (C=N–C) groups is 1. The fraction of sp³-hybridized carbons (Fsp3) is 0.941. The Morgan fingerprint density at radius 1 is 1.26 bits per heavy atom. The molecule has 1 N–H and O–H groups in total. The van der Waals surface area contributed by atoms with Crippen molar-refractivity contribution >= 4 is 41.7 Å². The summed E-state index contributed by atoms with van der Waals surface area (Å²) in [6, 6.07) is 0. The predicted octanol–water partition coefficient (Wildman–Crippen LogP) is 2.74. The van der Waals surface area contributed by atoms with E-state index in [0.29, 0.717) is 5.54 Å². The maximum Gasteiger partial charge on any atom is 0.193 e. The molecule has 23 heavy (non-hydrogen) atoms. The average Bonchev–Trinajstić information content (AvgIpc) is 3.15. The van der Waals surface area contributed by atoms with Crippen LogP contribution in [-0.4, -0.2) is 73.6 Å². The number of nitrogens with one attached hydrogen (secondary N) is 1. The fourth-order valence-corrected chi connectivity index (χ4v) is 5.95. The number of halogens is 1. The number of guanidine groups is 1. The second-order valence-electron chi connectivity index (χ2n) is 7.53. The Morgan fingerprint density at radius 2 is 1.91 bits per heavy atom. The Bertz CT molecular complexity index is 395. The zero-order chi connectivity index (χ0) is 15.6. The number of rotatable bonds is 3. The number of thioether (sulfide) groups is 1. The van der Waals surface area contributed by atoms with Crippen LogP contribution in [0.25, 0.3) is 0 Å². The monoisotopic (exact) mass is 452 g/mol. The maximum atomic E-state index is 4.59. The molecule has 3 atom stereocenters. The van der Waals surface area contributed by atoms with Gasteiger partial charge in [-0.1, -0.05) is 12.8 Å². The summed E-state index contributed by atoms with van der Waals surface area (Å²) in [6.07, 6.45) is 7.00. The number of hydrogen-bond acceptors (Lipinski definition) is 3. The van der Waals surface area contributed by atoms with Gasteiger partial charge in [-0.25, -0.2) is 0 Å². The topological polar surface area (TPSA) is 30.9 Å². The van der Waals surface area contributed by atoms with Crippen molar-refractivity contribution in [1.82, 2.24) is 15.1 Å². The summed E-state index contributed by atoms with van der Waals surface area (Å²) >= 11 is 2.08. The molecule has 4 nitrogen and oxygen atoms in total. The summed E-state index contributed by atoms with van der Waals surface area (Å²) in [5, 5.41) is 3.71. The van der Waals surface area contributed by atoms with Crippen molar-refractivity contribution in [1.29, 1.82) is 0 Å². The number of hydrogen-bond donors (Lipinski definition) is 1. The predicted molar refractivity (Wildman–Crippen MR) is 112 cm³/mol. The van der Waals surface area contributed by atoms with Crippen LogP contribution in [0.1, 0.15) is 32.1 Å². The summed E-state index contributed by atoms with van der Waals surface area (Å²) in [7, 11) is 6.39. The molecule has 3 aliphatic rings.